The first-order valence-electron chi connectivity index (χ1n) is 8.56. The number of ether oxygens (including phenoxy) is 2. The van der Waals surface area contributed by atoms with Crippen LogP contribution in [-0.4, -0.2) is 47.6 Å². The monoisotopic (exact) mass is 341 g/mol. The summed E-state index contributed by atoms with van der Waals surface area (Å²) in [6.07, 6.45) is 5.19. The van der Waals surface area contributed by atoms with E-state index < -0.39 is 0 Å². The highest BCUT2D eigenvalue weighted by molar-refractivity contribution is 5.80. The molecule has 0 bridgehead atoms. The highest BCUT2D eigenvalue weighted by Crippen LogP contribution is 2.35. The van der Waals surface area contributed by atoms with Gasteiger partial charge >= 0.3 is 0 Å². The minimum Gasteiger partial charge on any atom is -0.454 e. The summed E-state index contributed by atoms with van der Waals surface area (Å²) in [5, 5.41) is 7.74. The number of nitrogens with one attached hydrogen (secondary N) is 1. The molecule has 1 aromatic carbocycles. The number of hydrogen-bond acceptors (Lipinski definition) is 4. The third-order valence-electron chi connectivity index (χ3n) is 4.81. The summed E-state index contributed by atoms with van der Waals surface area (Å²) in [5.41, 5.74) is 2.38. The van der Waals surface area contributed by atoms with Crippen molar-refractivity contribution in [1.82, 2.24) is 20.0 Å². The lowest BCUT2D eigenvalue weighted by Crippen LogP contribution is -2.39. The van der Waals surface area contributed by atoms with Gasteiger partial charge in [-0.1, -0.05) is 12.1 Å². The van der Waals surface area contributed by atoms with Gasteiger partial charge < -0.3 is 19.7 Å². The molecular weight excluding hydrogens is 318 g/mol. The highest BCUT2D eigenvalue weighted by Gasteiger charge is 2.27. The molecule has 1 unspecified atom stereocenters. The van der Waals surface area contributed by atoms with E-state index in [1.54, 1.807) is 0 Å². The fourth-order valence-corrected chi connectivity index (χ4v) is 3.51. The molecule has 3 heterocycles. The van der Waals surface area contributed by atoms with Gasteiger partial charge in [-0.2, -0.15) is 5.10 Å². The average Bonchev–Trinajstić information content (AvgIpc) is 3.35. The van der Waals surface area contributed by atoms with E-state index in [1.165, 1.54) is 5.56 Å². The molecular formula is C18H23N5O2. The molecule has 25 heavy (non-hydrogen) atoms. The summed E-state index contributed by atoms with van der Waals surface area (Å²) in [4.78, 5) is 6.75. The second-order valence-electron chi connectivity index (χ2n) is 6.43. The Labute approximate surface area is 147 Å². The maximum Gasteiger partial charge on any atom is 0.231 e. The van der Waals surface area contributed by atoms with Crippen LogP contribution in [0.5, 0.6) is 11.5 Å². The van der Waals surface area contributed by atoms with Crippen LogP contribution in [0.3, 0.4) is 0 Å². The molecule has 1 N–H and O–H groups in total. The number of hydrogen-bond donors (Lipinski definition) is 1. The van der Waals surface area contributed by atoms with Crippen molar-refractivity contribution in [1.29, 1.82) is 0 Å². The Balaban J connectivity index is 1.40. The molecule has 0 spiro atoms. The van der Waals surface area contributed by atoms with Crippen LogP contribution in [0.2, 0.25) is 0 Å². The quantitative estimate of drug-likeness (QED) is 0.680. The molecule has 1 atom stereocenters. The van der Waals surface area contributed by atoms with Crippen molar-refractivity contribution in [3.8, 4) is 11.5 Å². The first kappa shape index (κ1) is 15.8. The topological polar surface area (TPSA) is 63.9 Å². The summed E-state index contributed by atoms with van der Waals surface area (Å²) in [6.45, 7) is 2.90. The molecule has 1 fully saturated rings. The fourth-order valence-electron chi connectivity index (χ4n) is 3.51. The number of para-hydroxylation sites is 1. The zero-order chi connectivity index (χ0) is 17.2. The Morgan fingerprint density at radius 3 is 3.12 bits per heavy atom. The van der Waals surface area contributed by atoms with Crippen LogP contribution in [0, 0.1) is 0 Å². The van der Waals surface area contributed by atoms with Crippen LogP contribution in [-0.2, 0) is 13.6 Å². The molecule has 0 saturated carbocycles. The molecule has 2 aromatic rings. The van der Waals surface area contributed by atoms with Gasteiger partial charge in [-0.05, 0) is 18.1 Å². The van der Waals surface area contributed by atoms with Gasteiger partial charge in [-0.3, -0.25) is 9.67 Å². The first-order chi connectivity index (χ1) is 12.2. The standard InChI is InChI=1S/C18H23N5O2/c1-19-18(20-8-13-4-3-5-16-17(13)25-12-24-16)23-7-6-14(11-23)15-9-21-22(2)10-15/h3-5,9-10,14H,6-8,11-12H2,1-2H3,(H,19,20). The Morgan fingerprint density at radius 1 is 1.40 bits per heavy atom. The summed E-state index contributed by atoms with van der Waals surface area (Å²) in [6, 6.07) is 5.97. The SMILES string of the molecule is CN=C(NCc1cccc2c1OCO2)N1CCC(c2cnn(C)c2)C1. The highest BCUT2D eigenvalue weighted by atomic mass is 16.7. The Morgan fingerprint density at radius 2 is 2.32 bits per heavy atom. The number of aliphatic imine (C=N–C) groups is 1. The smallest absolute Gasteiger partial charge is 0.231 e. The zero-order valence-electron chi connectivity index (χ0n) is 14.6. The predicted octanol–water partition coefficient (Wildman–Crippen LogP) is 1.71. The van der Waals surface area contributed by atoms with Gasteiger partial charge in [0.05, 0.1) is 6.20 Å². The van der Waals surface area contributed by atoms with Crippen molar-refractivity contribution in [2.24, 2.45) is 12.0 Å². The van der Waals surface area contributed by atoms with Crippen molar-refractivity contribution in [2.75, 3.05) is 26.9 Å². The van der Waals surface area contributed by atoms with Crippen LogP contribution in [0.4, 0.5) is 0 Å². The third kappa shape index (κ3) is 3.14. The third-order valence-corrected chi connectivity index (χ3v) is 4.81. The molecule has 1 aromatic heterocycles. The molecule has 0 aliphatic carbocycles. The van der Waals surface area contributed by atoms with Crippen LogP contribution < -0.4 is 14.8 Å². The van der Waals surface area contributed by atoms with Crippen molar-refractivity contribution >= 4 is 5.96 Å². The normalized spacial score (nSPS) is 19.5. The molecule has 7 heteroatoms. The van der Waals surface area contributed by atoms with E-state index in [0.717, 1.165) is 42.5 Å². The lowest BCUT2D eigenvalue weighted by atomic mass is 10.0. The number of benzene rings is 1. The first-order valence-corrected chi connectivity index (χ1v) is 8.56. The second-order valence-corrected chi connectivity index (χ2v) is 6.43. The van der Waals surface area contributed by atoms with E-state index in [2.05, 4.69) is 32.6 Å². The van der Waals surface area contributed by atoms with Crippen LogP contribution >= 0.6 is 0 Å². The van der Waals surface area contributed by atoms with Gasteiger partial charge in [0, 0.05) is 51.4 Å². The van der Waals surface area contributed by atoms with Crippen molar-refractivity contribution in [3.63, 3.8) is 0 Å². The van der Waals surface area contributed by atoms with E-state index in [-0.39, 0.29) is 0 Å². The Hall–Kier alpha value is -2.70. The average molecular weight is 341 g/mol. The molecule has 2 aliphatic heterocycles. The summed E-state index contributed by atoms with van der Waals surface area (Å²) < 4.78 is 12.9. The Bertz CT molecular complexity index is 786. The van der Waals surface area contributed by atoms with E-state index in [0.29, 0.717) is 19.3 Å². The summed E-state index contributed by atoms with van der Waals surface area (Å²) in [5.74, 6) is 3.07. The minimum absolute atomic E-state index is 0.292. The minimum atomic E-state index is 0.292. The lowest BCUT2D eigenvalue weighted by molar-refractivity contribution is 0.173. The molecule has 7 nitrogen and oxygen atoms in total. The maximum absolute atomic E-state index is 5.57. The maximum atomic E-state index is 5.57. The van der Waals surface area contributed by atoms with Gasteiger partial charge in [-0.25, -0.2) is 0 Å². The van der Waals surface area contributed by atoms with Crippen LogP contribution in [0.25, 0.3) is 0 Å². The van der Waals surface area contributed by atoms with E-state index in [1.807, 2.05) is 37.1 Å². The number of rotatable bonds is 3. The molecule has 4 rings (SSSR count). The molecule has 0 amide bonds. The largest absolute Gasteiger partial charge is 0.454 e. The summed E-state index contributed by atoms with van der Waals surface area (Å²) >= 11 is 0. The van der Waals surface area contributed by atoms with Crippen molar-refractivity contribution in [3.05, 3.63) is 41.7 Å². The van der Waals surface area contributed by atoms with E-state index >= 15 is 0 Å². The number of guanidine groups is 1. The summed E-state index contributed by atoms with van der Waals surface area (Å²) in [7, 11) is 3.79. The van der Waals surface area contributed by atoms with Gasteiger partial charge in [0.1, 0.15) is 0 Å². The fraction of sp³-hybridized carbons (Fsp3) is 0.444. The van der Waals surface area contributed by atoms with Gasteiger partial charge in [-0.15, -0.1) is 0 Å². The number of aromatic nitrogens is 2. The van der Waals surface area contributed by atoms with E-state index in [4.69, 9.17) is 9.47 Å². The number of fused-ring (bicyclic) bond motifs is 1. The second kappa shape index (κ2) is 6.66. The zero-order valence-corrected chi connectivity index (χ0v) is 14.6. The van der Waals surface area contributed by atoms with Crippen LogP contribution in [0.15, 0.2) is 35.6 Å². The molecule has 132 valence electrons. The van der Waals surface area contributed by atoms with Crippen LogP contribution in [0.1, 0.15) is 23.5 Å². The Kier molecular flexibility index (Phi) is 4.21. The number of likely N-dealkylation sites (tertiary alicyclic amines) is 1. The van der Waals surface area contributed by atoms with Gasteiger partial charge in [0.2, 0.25) is 6.79 Å². The van der Waals surface area contributed by atoms with Gasteiger partial charge in [0.25, 0.3) is 0 Å². The molecule has 1 saturated heterocycles. The predicted molar refractivity (Wildman–Crippen MR) is 94.9 cm³/mol. The van der Waals surface area contributed by atoms with Crippen molar-refractivity contribution < 1.29 is 9.47 Å². The van der Waals surface area contributed by atoms with Gasteiger partial charge in [0.15, 0.2) is 17.5 Å². The van der Waals surface area contributed by atoms with Crippen molar-refractivity contribution in [2.45, 2.75) is 18.9 Å². The van der Waals surface area contributed by atoms with E-state index in [9.17, 15) is 0 Å². The number of aryl methyl sites for hydroxylation is 1. The number of nitrogens with zero attached hydrogens (tertiary/aromatic N) is 4. The molecule has 0 radical (unpaired) electrons. The molecule has 2 aliphatic rings. The lowest BCUT2D eigenvalue weighted by Gasteiger charge is -2.22.